The predicted octanol–water partition coefficient (Wildman–Crippen LogP) is 2.95. The molecular weight excluding hydrogens is 286 g/mol. The second-order valence-electron chi connectivity index (χ2n) is 5.41. The molecule has 2 rings (SSSR count). The maximum absolute atomic E-state index is 12.1. The van der Waals surface area contributed by atoms with E-state index in [1.165, 1.54) is 12.8 Å². The molecular formula is C16H20ClN3O. The highest BCUT2D eigenvalue weighted by molar-refractivity contribution is 6.32. The second kappa shape index (κ2) is 6.82. The molecule has 1 fully saturated rings. The molecule has 1 amide bonds. The standard InChI is InChI=1S/C16H20ClN3O/c1-3-15(16(21)19-2)20(10-11-4-5-11)13-7-6-12(9-18)14(17)8-13/h6-8,11,15H,3-5,10H2,1-2H3,(H,19,21). The number of halogens is 1. The number of nitrogens with one attached hydrogen (secondary N) is 1. The van der Waals surface area contributed by atoms with Gasteiger partial charge in [0.05, 0.1) is 10.6 Å². The summed E-state index contributed by atoms with van der Waals surface area (Å²) >= 11 is 6.14. The lowest BCUT2D eigenvalue weighted by Gasteiger charge is -2.32. The van der Waals surface area contributed by atoms with Gasteiger partial charge in [0.15, 0.2) is 0 Å². The second-order valence-corrected chi connectivity index (χ2v) is 5.82. The molecule has 0 saturated heterocycles. The Kier molecular flexibility index (Phi) is 5.08. The Morgan fingerprint density at radius 1 is 1.57 bits per heavy atom. The molecule has 0 bridgehead atoms. The van der Waals surface area contributed by atoms with Crippen LogP contribution in [0.2, 0.25) is 5.02 Å². The quantitative estimate of drug-likeness (QED) is 0.879. The van der Waals surface area contributed by atoms with Crippen molar-refractivity contribution in [2.24, 2.45) is 5.92 Å². The summed E-state index contributed by atoms with van der Waals surface area (Å²) < 4.78 is 0. The average molecular weight is 306 g/mol. The van der Waals surface area contributed by atoms with Crippen molar-refractivity contribution in [2.45, 2.75) is 32.2 Å². The first-order valence-electron chi connectivity index (χ1n) is 7.28. The topological polar surface area (TPSA) is 56.1 Å². The van der Waals surface area contributed by atoms with E-state index in [-0.39, 0.29) is 11.9 Å². The molecule has 1 aromatic rings. The zero-order chi connectivity index (χ0) is 15.4. The van der Waals surface area contributed by atoms with Crippen molar-refractivity contribution in [1.82, 2.24) is 5.32 Å². The lowest BCUT2D eigenvalue weighted by atomic mass is 10.1. The van der Waals surface area contributed by atoms with E-state index in [2.05, 4.69) is 16.3 Å². The Labute approximate surface area is 130 Å². The Morgan fingerprint density at radius 3 is 2.76 bits per heavy atom. The third kappa shape index (κ3) is 3.68. The van der Waals surface area contributed by atoms with Crippen molar-refractivity contribution in [2.75, 3.05) is 18.5 Å². The van der Waals surface area contributed by atoms with Crippen LogP contribution in [0.1, 0.15) is 31.7 Å². The largest absolute Gasteiger partial charge is 0.359 e. The first kappa shape index (κ1) is 15.7. The summed E-state index contributed by atoms with van der Waals surface area (Å²) in [4.78, 5) is 14.2. The van der Waals surface area contributed by atoms with E-state index in [9.17, 15) is 4.79 Å². The Hall–Kier alpha value is -1.73. The van der Waals surface area contributed by atoms with Gasteiger partial charge in [0.2, 0.25) is 5.91 Å². The molecule has 0 radical (unpaired) electrons. The van der Waals surface area contributed by atoms with E-state index in [1.54, 1.807) is 19.2 Å². The molecule has 1 N–H and O–H groups in total. The molecule has 1 aliphatic carbocycles. The van der Waals surface area contributed by atoms with Crippen molar-refractivity contribution in [3.05, 3.63) is 28.8 Å². The SMILES string of the molecule is CCC(C(=O)NC)N(CC1CC1)c1ccc(C#N)c(Cl)c1. The molecule has 112 valence electrons. The number of carbonyl (C=O) groups is 1. The van der Waals surface area contributed by atoms with E-state index in [4.69, 9.17) is 16.9 Å². The van der Waals surface area contributed by atoms with E-state index < -0.39 is 0 Å². The molecule has 0 heterocycles. The van der Waals surface area contributed by atoms with Crippen LogP contribution in [-0.2, 0) is 4.79 Å². The summed E-state index contributed by atoms with van der Waals surface area (Å²) in [6.45, 7) is 2.86. The van der Waals surface area contributed by atoms with Crippen LogP contribution in [-0.4, -0.2) is 25.5 Å². The van der Waals surface area contributed by atoms with Gasteiger partial charge in [-0.05, 0) is 43.4 Å². The number of benzene rings is 1. The minimum Gasteiger partial charge on any atom is -0.359 e. The van der Waals surface area contributed by atoms with Crippen molar-refractivity contribution >= 4 is 23.2 Å². The number of nitriles is 1. The van der Waals surface area contributed by atoms with Crippen LogP contribution < -0.4 is 10.2 Å². The number of hydrogen-bond donors (Lipinski definition) is 1. The lowest BCUT2D eigenvalue weighted by Crippen LogP contribution is -2.46. The predicted molar refractivity (Wildman–Crippen MR) is 84.4 cm³/mol. The van der Waals surface area contributed by atoms with Gasteiger partial charge >= 0.3 is 0 Å². The monoisotopic (exact) mass is 305 g/mol. The Bertz CT molecular complexity index is 563. The molecule has 1 aromatic carbocycles. The molecule has 1 saturated carbocycles. The third-order valence-electron chi connectivity index (χ3n) is 3.87. The van der Waals surface area contributed by atoms with E-state index in [1.807, 2.05) is 13.0 Å². The molecule has 5 heteroatoms. The zero-order valence-corrected chi connectivity index (χ0v) is 13.2. The van der Waals surface area contributed by atoms with Crippen molar-refractivity contribution in [1.29, 1.82) is 5.26 Å². The summed E-state index contributed by atoms with van der Waals surface area (Å²) in [6, 6.07) is 7.23. The molecule has 0 spiro atoms. The van der Waals surface area contributed by atoms with Gasteiger partial charge in [0, 0.05) is 19.3 Å². The fourth-order valence-corrected chi connectivity index (χ4v) is 2.70. The van der Waals surface area contributed by atoms with Gasteiger partial charge < -0.3 is 10.2 Å². The maximum Gasteiger partial charge on any atom is 0.242 e. The minimum absolute atomic E-state index is 0.0126. The highest BCUT2D eigenvalue weighted by atomic mass is 35.5. The first-order chi connectivity index (χ1) is 10.1. The molecule has 1 unspecified atom stereocenters. The summed E-state index contributed by atoms with van der Waals surface area (Å²) in [5.74, 6) is 0.664. The zero-order valence-electron chi connectivity index (χ0n) is 12.4. The molecule has 1 aliphatic rings. The fraction of sp³-hybridized carbons (Fsp3) is 0.500. The van der Waals surface area contributed by atoms with Crippen LogP contribution in [0.4, 0.5) is 5.69 Å². The van der Waals surface area contributed by atoms with Crippen LogP contribution in [0.15, 0.2) is 18.2 Å². The van der Waals surface area contributed by atoms with Crippen molar-refractivity contribution < 1.29 is 4.79 Å². The lowest BCUT2D eigenvalue weighted by molar-refractivity contribution is -0.122. The van der Waals surface area contributed by atoms with Crippen molar-refractivity contribution in [3.8, 4) is 6.07 Å². The number of amides is 1. The highest BCUT2D eigenvalue weighted by Gasteiger charge is 2.30. The van der Waals surface area contributed by atoms with Crippen LogP contribution >= 0.6 is 11.6 Å². The van der Waals surface area contributed by atoms with E-state index >= 15 is 0 Å². The van der Waals surface area contributed by atoms with Gasteiger partial charge in [-0.1, -0.05) is 18.5 Å². The van der Waals surface area contributed by atoms with Gasteiger partial charge in [-0.15, -0.1) is 0 Å². The normalized spacial score (nSPS) is 15.1. The number of rotatable bonds is 6. The summed E-state index contributed by atoms with van der Waals surface area (Å²) in [7, 11) is 1.66. The molecule has 4 nitrogen and oxygen atoms in total. The van der Waals surface area contributed by atoms with Gasteiger partial charge in [-0.25, -0.2) is 0 Å². The summed E-state index contributed by atoms with van der Waals surface area (Å²) in [6.07, 6.45) is 3.15. The molecule has 21 heavy (non-hydrogen) atoms. The van der Waals surface area contributed by atoms with Gasteiger partial charge in [0.25, 0.3) is 0 Å². The van der Waals surface area contributed by atoms with E-state index in [0.29, 0.717) is 16.5 Å². The Balaban J connectivity index is 2.32. The third-order valence-corrected chi connectivity index (χ3v) is 4.18. The number of likely N-dealkylation sites (N-methyl/N-ethyl adjacent to an activating group) is 1. The number of nitrogens with zero attached hydrogens (tertiary/aromatic N) is 2. The molecule has 0 aromatic heterocycles. The first-order valence-corrected chi connectivity index (χ1v) is 7.66. The van der Waals surface area contributed by atoms with Gasteiger partial charge in [-0.3, -0.25) is 4.79 Å². The molecule has 1 atom stereocenters. The van der Waals surface area contributed by atoms with Gasteiger partial charge in [-0.2, -0.15) is 5.26 Å². The van der Waals surface area contributed by atoms with E-state index in [0.717, 1.165) is 18.7 Å². The summed E-state index contributed by atoms with van der Waals surface area (Å²) in [5.41, 5.74) is 1.36. The number of carbonyl (C=O) groups excluding carboxylic acids is 1. The van der Waals surface area contributed by atoms with Crippen LogP contribution in [0, 0.1) is 17.2 Å². The fourth-order valence-electron chi connectivity index (χ4n) is 2.48. The average Bonchev–Trinajstić information content (AvgIpc) is 3.30. The molecule has 0 aliphatic heterocycles. The smallest absolute Gasteiger partial charge is 0.242 e. The van der Waals surface area contributed by atoms with Crippen molar-refractivity contribution in [3.63, 3.8) is 0 Å². The van der Waals surface area contributed by atoms with Gasteiger partial charge in [0.1, 0.15) is 12.1 Å². The maximum atomic E-state index is 12.1. The number of anilines is 1. The number of hydrogen-bond acceptors (Lipinski definition) is 3. The van der Waals surface area contributed by atoms with Crippen LogP contribution in [0.3, 0.4) is 0 Å². The highest BCUT2D eigenvalue weighted by Crippen LogP contribution is 2.34. The summed E-state index contributed by atoms with van der Waals surface area (Å²) in [5, 5.41) is 12.1. The Morgan fingerprint density at radius 2 is 2.29 bits per heavy atom. The minimum atomic E-state index is -0.209. The van der Waals surface area contributed by atoms with Crippen LogP contribution in [0.25, 0.3) is 0 Å². The van der Waals surface area contributed by atoms with Crippen LogP contribution in [0.5, 0.6) is 0 Å².